The third-order valence-corrected chi connectivity index (χ3v) is 5.86. The number of ether oxygens (including phenoxy) is 1. The summed E-state index contributed by atoms with van der Waals surface area (Å²) >= 11 is 0. The fourth-order valence-electron chi connectivity index (χ4n) is 3.94. The standard InChI is InChI=1S/C29H26N4O2/c34-28(16-11-23-7-3-1-4-8-23)32-19-21-33(22-20-32)29-30-18-17-27(31-29)24-12-14-26(15-13-24)35-25-9-5-2-6-10-25/h1-18H,19-22H2/b16-11+. The van der Waals surface area contributed by atoms with Gasteiger partial charge in [0.15, 0.2) is 0 Å². The number of nitrogens with zero attached hydrogens (tertiary/aromatic N) is 4. The maximum Gasteiger partial charge on any atom is 0.246 e. The van der Waals surface area contributed by atoms with Crippen LogP contribution >= 0.6 is 0 Å². The number of aromatic nitrogens is 2. The molecule has 0 unspecified atom stereocenters. The van der Waals surface area contributed by atoms with Crippen LogP contribution in [0.1, 0.15) is 5.56 Å². The molecular formula is C29H26N4O2. The van der Waals surface area contributed by atoms with Gasteiger partial charge in [0.05, 0.1) is 5.69 Å². The highest BCUT2D eigenvalue weighted by Crippen LogP contribution is 2.25. The van der Waals surface area contributed by atoms with Crippen LogP contribution in [-0.4, -0.2) is 47.0 Å². The van der Waals surface area contributed by atoms with Gasteiger partial charge in [-0.1, -0.05) is 48.5 Å². The van der Waals surface area contributed by atoms with E-state index in [4.69, 9.17) is 9.72 Å². The molecule has 0 spiro atoms. The Kier molecular flexibility index (Phi) is 6.80. The lowest BCUT2D eigenvalue weighted by atomic mass is 10.1. The number of piperazine rings is 1. The largest absolute Gasteiger partial charge is 0.457 e. The Hall–Kier alpha value is -4.45. The molecule has 1 aliphatic rings. The molecule has 5 rings (SSSR count). The molecule has 0 atom stereocenters. The highest BCUT2D eigenvalue weighted by atomic mass is 16.5. The van der Waals surface area contributed by atoms with Gasteiger partial charge < -0.3 is 14.5 Å². The first-order valence-corrected chi connectivity index (χ1v) is 11.7. The molecule has 0 radical (unpaired) electrons. The van der Waals surface area contributed by atoms with Crippen molar-refractivity contribution in [2.24, 2.45) is 0 Å². The Morgan fingerprint density at radius 2 is 1.43 bits per heavy atom. The Bertz CT molecular complexity index is 1280. The van der Waals surface area contributed by atoms with Crippen LogP contribution in [0.2, 0.25) is 0 Å². The molecule has 0 saturated carbocycles. The predicted molar refractivity (Wildman–Crippen MR) is 138 cm³/mol. The van der Waals surface area contributed by atoms with E-state index < -0.39 is 0 Å². The number of hydrogen-bond donors (Lipinski definition) is 0. The fraction of sp³-hybridized carbons (Fsp3) is 0.138. The van der Waals surface area contributed by atoms with E-state index in [0.29, 0.717) is 32.1 Å². The van der Waals surface area contributed by atoms with Crippen molar-refractivity contribution in [3.8, 4) is 22.8 Å². The highest BCUT2D eigenvalue weighted by Gasteiger charge is 2.21. The third-order valence-electron chi connectivity index (χ3n) is 5.86. The third kappa shape index (κ3) is 5.73. The lowest BCUT2D eigenvalue weighted by Gasteiger charge is -2.34. The molecule has 0 aliphatic carbocycles. The minimum absolute atomic E-state index is 0.0287. The van der Waals surface area contributed by atoms with Gasteiger partial charge in [-0.3, -0.25) is 4.79 Å². The average Bonchev–Trinajstić information content (AvgIpc) is 2.93. The number of hydrogen-bond acceptors (Lipinski definition) is 5. The second kappa shape index (κ2) is 10.7. The van der Waals surface area contributed by atoms with E-state index in [1.54, 1.807) is 12.3 Å². The van der Waals surface area contributed by atoms with Crippen molar-refractivity contribution in [2.45, 2.75) is 0 Å². The summed E-state index contributed by atoms with van der Waals surface area (Å²) in [5.41, 5.74) is 2.86. The van der Waals surface area contributed by atoms with Crippen molar-refractivity contribution in [3.05, 3.63) is 109 Å². The number of anilines is 1. The normalized spacial score (nSPS) is 13.7. The van der Waals surface area contributed by atoms with E-state index in [1.807, 2.05) is 102 Å². The van der Waals surface area contributed by atoms with Crippen molar-refractivity contribution in [3.63, 3.8) is 0 Å². The van der Waals surface area contributed by atoms with E-state index in [2.05, 4.69) is 9.88 Å². The molecule has 174 valence electrons. The molecule has 1 aromatic heterocycles. The molecule has 0 bridgehead atoms. The molecule has 1 saturated heterocycles. The summed E-state index contributed by atoms with van der Waals surface area (Å²) in [6.45, 7) is 2.66. The topological polar surface area (TPSA) is 58.6 Å². The van der Waals surface area contributed by atoms with E-state index >= 15 is 0 Å². The molecule has 4 aromatic rings. The smallest absolute Gasteiger partial charge is 0.246 e. The van der Waals surface area contributed by atoms with Crippen molar-refractivity contribution in [1.82, 2.24) is 14.9 Å². The molecule has 2 heterocycles. The van der Waals surface area contributed by atoms with Crippen LogP contribution in [0.15, 0.2) is 103 Å². The van der Waals surface area contributed by atoms with Crippen LogP contribution < -0.4 is 9.64 Å². The van der Waals surface area contributed by atoms with Gasteiger partial charge in [0, 0.05) is 44.0 Å². The minimum Gasteiger partial charge on any atom is -0.457 e. The van der Waals surface area contributed by atoms with Crippen LogP contribution in [0.25, 0.3) is 17.3 Å². The number of carbonyl (C=O) groups excluding carboxylic acids is 1. The summed E-state index contributed by atoms with van der Waals surface area (Å²) in [6, 6.07) is 29.4. The lowest BCUT2D eigenvalue weighted by molar-refractivity contribution is -0.126. The number of amides is 1. The zero-order valence-electron chi connectivity index (χ0n) is 19.3. The van der Waals surface area contributed by atoms with Gasteiger partial charge in [-0.15, -0.1) is 0 Å². The van der Waals surface area contributed by atoms with E-state index in [9.17, 15) is 4.79 Å². The monoisotopic (exact) mass is 462 g/mol. The van der Waals surface area contributed by atoms with Crippen molar-refractivity contribution in [1.29, 1.82) is 0 Å². The maximum atomic E-state index is 12.6. The minimum atomic E-state index is 0.0287. The molecule has 35 heavy (non-hydrogen) atoms. The first kappa shape index (κ1) is 22.3. The lowest BCUT2D eigenvalue weighted by Crippen LogP contribution is -2.48. The number of carbonyl (C=O) groups is 1. The first-order valence-electron chi connectivity index (χ1n) is 11.7. The molecule has 1 amide bonds. The Labute approximate surface area is 205 Å². The summed E-state index contributed by atoms with van der Waals surface area (Å²) in [5, 5.41) is 0. The van der Waals surface area contributed by atoms with Gasteiger partial charge >= 0.3 is 0 Å². The second-order valence-electron chi connectivity index (χ2n) is 8.24. The quantitative estimate of drug-likeness (QED) is 0.364. The van der Waals surface area contributed by atoms with Crippen LogP contribution in [0.5, 0.6) is 11.5 Å². The Morgan fingerprint density at radius 3 is 2.14 bits per heavy atom. The highest BCUT2D eigenvalue weighted by molar-refractivity contribution is 5.91. The fourth-order valence-corrected chi connectivity index (χ4v) is 3.94. The summed E-state index contributed by atoms with van der Waals surface area (Å²) in [7, 11) is 0. The molecule has 3 aromatic carbocycles. The Morgan fingerprint density at radius 1 is 0.771 bits per heavy atom. The van der Waals surface area contributed by atoms with E-state index in [0.717, 1.165) is 28.3 Å². The van der Waals surface area contributed by atoms with Crippen LogP contribution in [-0.2, 0) is 4.79 Å². The zero-order chi connectivity index (χ0) is 23.9. The molecule has 1 aliphatic heterocycles. The van der Waals surface area contributed by atoms with Gasteiger partial charge in [0.25, 0.3) is 0 Å². The summed E-state index contributed by atoms with van der Waals surface area (Å²) < 4.78 is 5.88. The molecule has 6 nitrogen and oxygen atoms in total. The van der Waals surface area contributed by atoms with Gasteiger partial charge in [0.2, 0.25) is 11.9 Å². The van der Waals surface area contributed by atoms with Crippen molar-refractivity contribution in [2.75, 3.05) is 31.1 Å². The molecular weight excluding hydrogens is 436 g/mol. The Balaban J connectivity index is 1.20. The predicted octanol–water partition coefficient (Wildman–Crippen LogP) is 5.30. The van der Waals surface area contributed by atoms with Gasteiger partial charge in [-0.2, -0.15) is 0 Å². The van der Waals surface area contributed by atoms with Gasteiger partial charge in [0.1, 0.15) is 11.5 Å². The number of para-hydroxylation sites is 1. The van der Waals surface area contributed by atoms with E-state index in [1.165, 1.54) is 0 Å². The summed E-state index contributed by atoms with van der Waals surface area (Å²) in [6.07, 6.45) is 5.29. The average molecular weight is 463 g/mol. The number of benzene rings is 3. The maximum absolute atomic E-state index is 12.6. The van der Waals surface area contributed by atoms with Crippen LogP contribution in [0.4, 0.5) is 5.95 Å². The summed E-state index contributed by atoms with van der Waals surface area (Å²) in [5.74, 6) is 2.29. The number of rotatable bonds is 6. The van der Waals surface area contributed by atoms with Crippen LogP contribution in [0, 0.1) is 0 Å². The summed E-state index contributed by atoms with van der Waals surface area (Å²) in [4.78, 5) is 25.8. The van der Waals surface area contributed by atoms with Crippen molar-refractivity contribution >= 4 is 17.9 Å². The van der Waals surface area contributed by atoms with Gasteiger partial charge in [-0.25, -0.2) is 9.97 Å². The van der Waals surface area contributed by atoms with Crippen LogP contribution in [0.3, 0.4) is 0 Å². The van der Waals surface area contributed by atoms with E-state index in [-0.39, 0.29) is 5.91 Å². The second-order valence-corrected chi connectivity index (χ2v) is 8.24. The molecule has 1 fully saturated rings. The first-order chi connectivity index (χ1) is 17.2. The van der Waals surface area contributed by atoms with Gasteiger partial charge in [-0.05, 0) is 54.1 Å². The SMILES string of the molecule is O=C(/C=C/c1ccccc1)N1CCN(c2nccc(-c3ccc(Oc4ccccc4)cc3)n2)CC1. The van der Waals surface area contributed by atoms with Crippen molar-refractivity contribution < 1.29 is 9.53 Å². The molecule has 0 N–H and O–H groups in total. The molecule has 6 heteroatoms. The zero-order valence-corrected chi connectivity index (χ0v) is 19.3.